The number of amides is 1. The van der Waals surface area contributed by atoms with E-state index in [1.54, 1.807) is 13.0 Å². The molecule has 1 atom stereocenters. The van der Waals surface area contributed by atoms with E-state index in [1.165, 1.54) is 11.2 Å². The fourth-order valence-electron chi connectivity index (χ4n) is 3.43. The van der Waals surface area contributed by atoms with Gasteiger partial charge in [0.25, 0.3) is 5.91 Å². The summed E-state index contributed by atoms with van der Waals surface area (Å²) in [6.45, 7) is 3.94. The molecule has 0 saturated heterocycles. The molecule has 132 valence electrons. The number of pyridine rings is 1. The number of imidazole rings is 1. The molecule has 4 rings (SSSR count). The highest BCUT2D eigenvalue weighted by Gasteiger charge is 2.37. The lowest BCUT2D eigenvalue weighted by atomic mass is 10.00. The standard InChI is InChI=1S/C19H18N4O3/c1-10-3-4-14-12(5-10)6-13(11(2)22-14)18(24)23-8-16-15(20-9-21-16)7-17(23)19(25)26/h3-6,9,17H,7-8H2,1-2H3,(H,20,21)(H,25,26). The molecule has 0 bridgehead atoms. The summed E-state index contributed by atoms with van der Waals surface area (Å²) in [5.41, 5.74) is 4.38. The summed E-state index contributed by atoms with van der Waals surface area (Å²) in [6.07, 6.45) is 1.72. The second-order valence-corrected chi connectivity index (χ2v) is 6.64. The smallest absolute Gasteiger partial charge is 0.326 e. The summed E-state index contributed by atoms with van der Waals surface area (Å²) >= 11 is 0. The Morgan fingerprint density at radius 1 is 1.27 bits per heavy atom. The second kappa shape index (κ2) is 5.94. The van der Waals surface area contributed by atoms with Gasteiger partial charge in [0.05, 0.1) is 41.0 Å². The largest absolute Gasteiger partial charge is 0.480 e. The highest BCUT2D eigenvalue weighted by molar-refractivity contribution is 6.00. The first kappa shape index (κ1) is 16.3. The number of benzene rings is 1. The zero-order valence-electron chi connectivity index (χ0n) is 14.5. The van der Waals surface area contributed by atoms with E-state index >= 15 is 0 Å². The fourth-order valence-corrected chi connectivity index (χ4v) is 3.43. The molecule has 0 aliphatic carbocycles. The number of aliphatic carboxylic acids is 1. The van der Waals surface area contributed by atoms with Gasteiger partial charge in [0.1, 0.15) is 6.04 Å². The van der Waals surface area contributed by atoms with Gasteiger partial charge in [-0.3, -0.25) is 9.78 Å². The molecule has 3 aromatic rings. The van der Waals surface area contributed by atoms with Crippen molar-refractivity contribution in [3.8, 4) is 0 Å². The molecule has 2 N–H and O–H groups in total. The van der Waals surface area contributed by atoms with Crippen molar-refractivity contribution in [2.24, 2.45) is 0 Å². The van der Waals surface area contributed by atoms with Gasteiger partial charge < -0.3 is 15.0 Å². The van der Waals surface area contributed by atoms with Gasteiger partial charge in [-0.25, -0.2) is 9.78 Å². The first-order valence-corrected chi connectivity index (χ1v) is 8.37. The molecule has 0 radical (unpaired) electrons. The van der Waals surface area contributed by atoms with Crippen LogP contribution in [-0.2, 0) is 17.8 Å². The number of fused-ring (bicyclic) bond motifs is 2. The molecule has 3 heterocycles. The molecule has 2 aromatic heterocycles. The van der Waals surface area contributed by atoms with Crippen LogP contribution in [0.25, 0.3) is 10.9 Å². The molecule has 1 unspecified atom stereocenters. The summed E-state index contributed by atoms with van der Waals surface area (Å²) in [6, 6.07) is 6.72. The van der Waals surface area contributed by atoms with Gasteiger partial charge in [-0.1, -0.05) is 11.6 Å². The highest BCUT2D eigenvalue weighted by atomic mass is 16.4. The van der Waals surface area contributed by atoms with Crippen LogP contribution in [0, 0.1) is 13.8 Å². The Hall–Kier alpha value is -3.22. The molecule has 0 fully saturated rings. The number of hydrogen-bond donors (Lipinski definition) is 2. The predicted molar refractivity (Wildman–Crippen MR) is 94.8 cm³/mol. The average Bonchev–Trinajstić information content (AvgIpc) is 3.07. The number of rotatable bonds is 2. The number of aromatic nitrogens is 3. The quantitative estimate of drug-likeness (QED) is 0.738. The topological polar surface area (TPSA) is 99.2 Å². The van der Waals surface area contributed by atoms with E-state index in [0.29, 0.717) is 17.0 Å². The third kappa shape index (κ3) is 2.61. The number of nitrogens with zero attached hydrogens (tertiary/aromatic N) is 3. The normalized spacial score (nSPS) is 16.5. The second-order valence-electron chi connectivity index (χ2n) is 6.64. The molecule has 0 saturated carbocycles. The summed E-state index contributed by atoms with van der Waals surface area (Å²) in [4.78, 5) is 38.0. The Bertz CT molecular complexity index is 1040. The van der Waals surface area contributed by atoms with E-state index in [0.717, 1.165) is 22.2 Å². The summed E-state index contributed by atoms with van der Waals surface area (Å²) in [7, 11) is 0. The van der Waals surface area contributed by atoms with E-state index in [9.17, 15) is 14.7 Å². The number of hydrogen-bond acceptors (Lipinski definition) is 4. The van der Waals surface area contributed by atoms with Gasteiger partial charge in [0.2, 0.25) is 0 Å². The van der Waals surface area contributed by atoms with Gasteiger partial charge in [0.15, 0.2) is 0 Å². The van der Waals surface area contributed by atoms with Gasteiger partial charge in [-0.05, 0) is 32.0 Å². The number of carbonyl (C=O) groups excluding carboxylic acids is 1. The molecule has 26 heavy (non-hydrogen) atoms. The number of nitrogens with one attached hydrogen (secondary N) is 1. The first-order valence-electron chi connectivity index (χ1n) is 8.37. The number of carboxylic acids is 1. The van der Waals surface area contributed by atoms with Crippen molar-refractivity contribution < 1.29 is 14.7 Å². The van der Waals surface area contributed by atoms with Gasteiger partial charge in [0, 0.05) is 11.8 Å². The molecule has 1 amide bonds. The molecule has 1 aromatic carbocycles. The fraction of sp³-hybridized carbons (Fsp3) is 0.263. The number of aromatic amines is 1. The number of carboxylic acid groups (broad SMARTS) is 1. The van der Waals surface area contributed by atoms with Crippen LogP contribution in [0.15, 0.2) is 30.6 Å². The Balaban J connectivity index is 1.77. The van der Waals surface area contributed by atoms with Crippen molar-refractivity contribution >= 4 is 22.8 Å². The Labute approximate surface area is 149 Å². The minimum Gasteiger partial charge on any atom is -0.480 e. The summed E-state index contributed by atoms with van der Waals surface area (Å²) < 4.78 is 0. The van der Waals surface area contributed by atoms with Crippen LogP contribution < -0.4 is 0 Å². The van der Waals surface area contributed by atoms with E-state index in [2.05, 4.69) is 15.0 Å². The Morgan fingerprint density at radius 3 is 2.85 bits per heavy atom. The molecule has 7 nitrogen and oxygen atoms in total. The molecule has 1 aliphatic heterocycles. The van der Waals surface area contributed by atoms with Crippen LogP contribution in [0.5, 0.6) is 0 Å². The molecular weight excluding hydrogens is 332 g/mol. The molecule has 0 spiro atoms. The van der Waals surface area contributed by atoms with E-state index in [4.69, 9.17) is 0 Å². The third-order valence-electron chi connectivity index (χ3n) is 4.84. The monoisotopic (exact) mass is 350 g/mol. The van der Waals surface area contributed by atoms with Gasteiger partial charge in [-0.2, -0.15) is 0 Å². The predicted octanol–water partition coefficient (Wildman–Crippen LogP) is 2.23. The number of aryl methyl sites for hydroxylation is 2. The van der Waals surface area contributed by atoms with Crippen LogP contribution in [-0.4, -0.2) is 42.9 Å². The minimum absolute atomic E-state index is 0.191. The number of carbonyl (C=O) groups is 2. The summed E-state index contributed by atoms with van der Waals surface area (Å²) in [5, 5.41) is 10.5. The maximum Gasteiger partial charge on any atom is 0.326 e. The van der Waals surface area contributed by atoms with E-state index < -0.39 is 12.0 Å². The molecular formula is C19H18N4O3. The van der Waals surface area contributed by atoms with Crippen LogP contribution in [0.1, 0.15) is 33.0 Å². The summed E-state index contributed by atoms with van der Waals surface area (Å²) in [5.74, 6) is -1.36. The van der Waals surface area contributed by atoms with Crippen molar-refractivity contribution in [1.29, 1.82) is 0 Å². The third-order valence-corrected chi connectivity index (χ3v) is 4.84. The van der Waals surface area contributed by atoms with Crippen LogP contribution >= 0.6 is 0 Å². The maximum absolute atomic E-state index is 13.2. The zero-order valence-corrected chi connectivity index (χ0v) is 14.5. The van der Waals surface area contributed by atoms with Crippen molar-refractivity contribution in [1.82, 2.24) is 19.9 Å². The van der Waals surface area contributed by atoms with Crippen LogP contribution in [0.2, 0.25) is 0 Å². The lowest BCUT2D eigenvalue weighted by Gasteiger charge is -2.32. The van der Waals surface area contributed by atoms with Crippen molar-refractivity contribution in [3.63, 3.8) is 0 Å². The lowest BCUT2D eigenvalue weighted by Crippen LogP contribution is -2.48. The van der Waals surface area contributed by atoms with Crippen LogP contribution in [0.4, 0.5) is 0 Å². The van der Waals surface area contributed by atoms with Crippen LogP contribution in [0.3, 0.4) is 0 Å². The van der Waals surface area contributed by atoms with Crippen molar-refractivity contribution in [2.75, 3.05) is 0 Å². The van der Waals surface area contributed by atoms with E-state index in [-0.39, 0.29) is 18.9 Å². The SMILES string of the molecule is Cc1ccc2nc(C)c(C(=O)N3Cc4[nH]cnc4CC3C(=O)O)cc2c1. The first-order chi connectivity index (χ1) is 12.4. The average molecular weight is 350 g/mol. The van der Waals surface area contributed by atoms with Gasteiger partial charge >= 0.3 is 5.97 Å². The minimum atomic E-state index is -1.03. The lowest BCUT2D eigenvalue weighted by molar-refractivity contribution is -0.142. The Morgan fingerprint density at radius 2 is 2.08 bits per heavy atom. The zero-order chi connectivity index (χ0) is 18.4. The van der Waals surface area contributed by atoms with Crippen molar-refractivity contribution in [3.05, 3.63) is 58.8 Å². The van der Waals surface area contributed by atoms with Crippen molar-refractivity contribution in [2.45, 2.75) is 32.9 Å². The Kier molecular flexibility index (Phi) is 3.72. The van der Waals surface area contributed by atoms with E-state index in [1.807, 2.05) is 25.1 Å². The molecule has 1 aliphatic rings. The maximum atomic E-state index is 13.2. The number of H-pyrrole nitrogens is 1. The van der Waals surface area contributed by atoms with Gasteiger partial charge in [-0.15, -0.1) is 0 Å². The molecule has 7 heteroatoms. The highest BCUT2D eigenvalue weighted by Crippen LogP contribution is 2.25.